The number of benzene rings is 2. The Kier molecular flexibility index (Phi) is 8.16. The van der Waals surface area contributed by atoms with Gasteiger partial charge in [-0.25, -0.2) is 0 Å². The van der Waals surface area contributed by atoms with Gasteiger partial charge in [0.05, 0.1) is 24.4 Å². The minimum Gasteiger partial charge on any atom is -0.493 e. The highest BCUT2D eigenvalue weighted by atomic mass is 16.5. The average molecular weight is 581 g/mol. The quantitative estimate of drug-likeness (QED) is 0.207. The lowest BCUT2D eigenvalue weighted by atomic mass is 9.93. The van der Waals surface area contributed by atoms with Crippen molar-refractivity contribution in [1.29, 1.82) is 0 Å². The van der Waals surface area contributed by atoms with E-state index in [1.54, 1.807) is 7.11 Å². The summed E-state index contributed by atoms with van der Waals surface area (Å²) in [6.45, 7) is 10.1. The van der Waals surface area contributed by atoms with Crippen molar-refractivity contribution in [3.8, 4) is 5.75 Å². The van der Waals surface area contributed by atoms with Crippen LogP contribution in [0.2, 0.25) is 0 Å². The van der Waals surface area contributed by atoms with Crippen molar-refractivity contribution in [2.24, 2.45) is 16.3 Å². The van der Waals surface area contributed by atoms with Gasteiger partial charge < -0.3 is 14.0 Å². The van der Waals surface area contributed by atoms with Crippen molar-refractivity contribution in [1.82, 2.24) is 5.16 Å². The fourth-order valence-corrected chi connectivity index (χ4v) is 6.25. The van der Waals surface area contributed by atoms with Crippen LogP contribution in [0.15, 0.2) is 64.1 Å². The molecule has 1 aromatic heterocycles. The molecule has 0 spiro atoms. The van der Waals surface area contributed by atoms with Crippen LogP contribution in [0.4, 0.5) is 0 Å². The molecule has 1 saturated carbocycles. The van der Waals surface area contributed by atoms with Gasteiger partial charge in [-0.15, -0.1) is 0 Å². The molecule has 6 heteroatoms. The Bertz CT molecular complexity index is 1540. The van der Waals surface area contributed by atoms with Crippen LogP contribution in [0.25, 0.3) is 5.70 Å². The average Bonchev–Trinajstić information content (AvgIpc) is 3.24. The highest BCUT2D eigenvalue weighted by molar-refractivity contribution is 6.05. The van der Waals surface area contributed by atoms with E-state index >= 15 is 0 Å². The van der Waals surface area contributed by atoms with E-state index in [4.69, 9.17) is 19.0 Å². The molecule has 2 heterocycles. The molecule has 226 valence electrons. The van der Waals surface area contributed by atoms with Gasteiger partial charge in [-0.1, -0.05) is 63.2 Å². The van der Waals surface area contributed by atoms with Crippen LogP contribution in [0.1, 0.15) is 93.0 Å². The first-order chi connectivity index (χ1) is 20.6. The number of hydrogen-bond acceptors (Lipinski definition) is 6. The van der Waals surface area contributed by atoms with E-state index in [0.717, 1.165) is 48.0 Å². The fourth-order valence-electron chi connectivity index (χ4n) is 6.25. The summed E-state index contributed by atoms with van der Waals surface area (Å²) in [5, 5.41) is 4.09. The number of rotatable bonds is 13. The van der Waals surface area contributed by atoms with Gasteiger partial charge in [-0.2, -0.15) is 0 Å². The zero-order valence-electron chi connectivity index (χ0n) is 26.2. The molecule has 6 rings (SSSR count). The van der Waals surface area contributed by atoms with Crippen molar-refractivity contribution in [2.75, 3.05) is 20.3 Å². The van der Waals surface area contributed by atoms with E-state index in [0.29, 0.717) is 23.4 Å². The topological polar surface area (TPSA) is 73.9 Å². The number of carbonyl (C=O) groups is 1. The first kappa shape index (κ1) is 29.6. The van der Waals surface area contributed by atoms with Crippen LogP contribution < -0.4 is 4.74 Å². The molecule has 0 radical (unpaired) electrons. The predicted molar refractivity (Wildman–Crippen MR) is 170 cm³/mol. The van der Waals surface area contributed by atoms with E-state index in [1.807, 2.05) is 18.2 Å². The van der Waals surface area contributed by atoms with Crippen LogP contribution in [-0.4, -0.2) is 37.0 Å². The second kappa shape index (κ2) is 11.9. The van der Waals surface area contributed by atoms with Gasteiger partial charge in [-0.3, -0.25) is 9.79 Å². The number of ether oxygens (including phenoxy) is 2. The molecule has 0 amide bonds. The molecule has 3 aliphatic rings. The molecule has 2 aromatic carbocycles. The largest absolute Gasteiger partial charge is 0.493 e. The molecule has 2 atom stereocenters. The summed E-state index contributed by atoms with van der Waals surface area (Å²) >= 11 is 0. The molecule has 1 unspecified atom stereocenters. The molecule has 2 aliphatic carbocycles. The zero-order valence-corrected chi connectivity index (χ0v) is 26.2. The molecule has 1 fully saturated rings. The summed E-state index contributed by atoms with van der Waals surface area (Å²) in [6, 6.07) is 16.7. The summed E-state index contributed by atoms with van der Waals surface area (Å²) < 4.78 is 17.1. The van der Waals surface area contributed by atoms with Crippen molar-refractivity contribution in [3.05, 3.63) is 88.3 Å². The Morgan fingerprint density at radius 1 is 1.09 bits per heavy atom. The highest BCUT2D eigenvalue weighted by Crippen LogP contribution is 2.50. The Morgan fingerprint density at radius 2 is 1.88 bits per heavy atom. The number of ketones is 1. The van der Waals surface area contributed by atoms with Crippen LogP contribution in [0.5, 0.6) is 5.75 Å². The number of aromatic nitrogens is 1. The van der Waals surface area contributed by atoms with Crippen LogP contribution >= 0.6 is 0 Å². The molecule has 43 heavy (non-hydrogen) atoms. The third-order valence-electron chi connectivity index (χ3n) is 9.22. The Hall–Kier alpha value is -3.51. The van der Waals surface area contributed by atoms with Crippen molar-refractivity contribution in [3.63, 3.8) is 0 Å². The molecule has 3 aromatic rings. The van der Waals surface area contributed by atoms with Gasteiger partial charge in [0.25, 0.3) is 0 Å². The molecular weight excluding hydrogens is 536 g/mol. The lowest BCUT2D eigenvalue weighted by Gasteiger charge is -2.19. The number of allylic oxidation sites excluding steroid dienone is 1. The summed E-state index contributed by atoms with van der Waals surface area (Å²) in [5.41, 5.74) is 7.88. The van der Waals surface area contributed by atoms with Crippen molar-refractivity contribution >= 4 is 17.2 Å². The van der Waals surface area contributed by atoms with Crippen LogP contribution in [0.3, 0.4) is 0 Å². The van der Waals surface area contributed by atoms with Gasteiger partial charge in [0, 0.05) is 55.1 Å². The number of carbonyl (C=O) groups excluding carboxylic acids is 1. The van der Waals surface area contributed by atoms with Crippen molar-refractivity contribution < 1.29 is 18.8 Å². The molecule has 1 aliphatic heterocycles. The van der Waals surface area contributed by atoms with E-state index in [1.165, 1.54) is 42.5 Å². The highest BCUT2D eigenvalue weighted by Gasteiger charge is 2.43. The standard InChI is InChI=1S/C37H44N2O4/c1-24(22-41-5)12-13-37(14-15-37)23-42-30-10-11-31-27(17-30)18-34-32(31)21-33(38-34)26-8-6-25(7-9-26)16-29(40)19-28-20-35(43-39-28)36(2,3)4/h6-11,17,20-21,24,32H,12-16,18-19,22-23H2,1-5H3/t24-,32?/m1/s1. The van der Waals surface area contributed by atoms with E-state index in [9.17, 15) is 4.79 Å². The normalized spacial score (nSPS) is 19.0. The van der Waals surface area contributed by atoms with E-state index < -0.39 is 0 Å². The second-order valence-electron chi connectivity index (χ2n) is 14.1. The fraction of sp³-hybridized carbons (Fsp3) is 0.486. The first-order valence-corrected chi connectivity index (χ1v) is 15.7. The number of aliphatic imine (C=N–C) groups is 1. The summed E-state index contributed by atoms with van der Waals surface area (Å²) in [4.78, 5) is 17.7. The lowest BCUT2D eigenvalue weighted by molar-refractivity contribution is -0.117. The Balaban J connectivity index is 1.03. The predicted octanol–water partition coefficient (Wildman–Crippen LogP) is 7.68. The number of hydrogen-bond donors (Lipinski definition) is 0. The Morgan fingerprint density at radius 3 is 2.58 bits per heavy atom. The maximum absolute atomic E-state index is 12.7. The number of Topliss-reactive ketones (excluding diaryl/α,β-unsaturated/α-hetero) is 1. The zero-order chi connectivity index (χ0) is 30.2. The van der Waals surface area contributed by atoms with E-state index in [-0.39, 0.29) is 23.5 Å². The molecule has 0 saturated heterocycles. The van der Waals surface area contributed by atoms with Gasteiger partial charge in [0.2, 0.25) is 0 Å². The summed E-state index contributed by atoms with van der Waals surface area (Å²) in [7, 11) is 1.78. The summed E-state index contributed by atoms with van der Waals surface area (Å²) in [6.07, 6.45) is 8.74. The monoisotopic (exact) mass is 580 g/mol. The van der Waals surface area contributed by atoms with E-state index in [2.05, 4.69) is 69.3 Å². The number of nitrogens with zero attached hydrogens (tertiary/aromatic N) is 2. The molecule has 0 bridgehead atoms. The van der Waals surface area contributed by atoms with Gasteiger partial charge >= 0.3 is 0 Å². The van der Waals surface area contributed by atoms with Gasteiger partial charge in [0.15, 0.2) is 0 Å². The number of methoxy groups -OCH3 is 1. The first-order valence-electron chi connectivity index (χ1n) is 15.7. The molecular formula is C37H44N2O4. The maximum atomic E-state index is 12.7. The van der Waals surface area contributed by atoms with Crippen molar-refractivity contribution in [2.45, 2.75) is 84.0 Å². The van der Waals surface area contributed by atoms with Gasteiger partial charge in [0.1, 0.15) is 17.3 Å². The smallest absolute Gasteiger partial charge is 0.143 e. The second-order valence-corrected chi connectivity index (χ2v) is 14.1. The minimum atomic E-state index is -0.122. The van der Waals surface area contributed by atoms with Gasteiger partial charge in [-0.05, 0) is 72.1 Å². The molecule has 0 N–H and O–H groups in total. The lowest BCUT2D eigenvalue weighted by Crippen LogP contribution is -2.15. The van der Waals surface area contributed by atoms with Crippen LogP contribution in [-0.2, 0) is 34.2 Å². The minimum absolute atomic E-state index is 0.122. The van der Waals surface area contributed by atoms with Crippen LogP contribution in [0, 0.1) is 11.3 Å². The SMILES string of the molecule is COC[C@H](C)CCC1(COc2ccc3c(c2)CC2=NC(c4ccc(CC(=O)Cc5cc(C(C)(C)C)on5)cc4)=CC23)CC1. The third-order valence-corrected chi connectivity index (χ3v) is 9.22. The third kappa shape index (κ3) is 6.85. The molecule has 6 nitrogen and oxygen atoms in total. The maximum Gasteiger partial charge on any atom is 0.143 e. The summed E-state index contributed by atoms with van der Waals surface area (Å²) in [5.74, 6) is 2.73. The number of fused-ring (bicyclic) bond motifs is 3. The Labute approximate surface area is 255 Å².